The van der Waals surface area contributed by atoms with Crippen molar-refractivity contribution < 1.29 is 37.9 Å². The van der Waals surface area contributed by atoms with Crippen LogP contribution in [0.1, 0.15) is 168 Å². The van der Waals surface area contributed by atoms with E-state index in [1.165, 1.54) is 115 Å². The Hall–Kier alpha value is -1.47. The molecule has 0 aromatic rings. The quantitative estimate of drug-likeness (QED) is 0.0244. The molecule has 44 heavy (non-hydrogen) atoms. The third kappa shape index (κ3) is 33.4. The van der Waals surface area contributed by atoms with Crippen LogP contribution >= 0.6 is 7.82 Å². The van der Waals surface area contributed by atoms with Gasteiger partial charge in [0.25, 0.3) is 0 Å². The van der Waals surface area contributed by atoms with Gasteiger partial charge < -0.3 is 19.3 Å². The SMILES string of the molecule is CCCCCCCCCCCC=CC=CC(=O)OC[C@H](COP(=O)(O)O)OC(=O)CCCCCCCCCCCCCCC. The smallest absolute Gasteiger partial charge is 0.458 e. The molecular formula is C35H65O8P. The highest BCUT2D eigenvalue weighted by Crippen LogP contribution is 2.35. The minimum Gasteiger partial charge on any atom is -0.458 e. The van der Waals surface area contributed by atoms with E-state index in [0.29, 0.717) is 6.42 Å². The Kier molecular flexibility index (Phi) is 30.5. The average molecular weight is 645 g/mol. The van der Waals surface area contributed by atoms with Gasteiger partial charge in [-0.25, -0.2) is 9.36 Å². The Morgan fingerprint density at radius 1 is 0.636 bits per heavy atom. The second-order valence-corrected chi connectivity index (χ2v) is 13.2. The predicted octanol–water partition coefficient (Wildman–Crippen LogP) is 10.1. The van der Waals surface area contributed by atoms with Gasteiger partial charge in [0.05, 0.1) is 6.61 Å². The number of carbonyl (C=O) groups is 2. The highest BCUT2D eigenvalue weighted by Gasteiger charge is 2.22. The molecule has 2 N–H and O–H groups in total. The number of ether oxygens (including phenoxy) is 2. The fraction of sp³-hybridized carbons (Fsp3) is 0.829. The molecule has 1 atom stereocenters. The molecule has 0 aliphatic heterocycles. The van der Waals surface area contributed by atoms with Gasteiger partial charge in [0.1, 0.15) is 6.61 Å². The molecular weight excluding hydrogens is 579 g/mol. The van der Waals surface area contributed by atoms with Crippen molar-refractivity contribution in [3.8, 4) is 0 Å². The lowest BCUT2D eigenvalue weighted by Gasteiger charge is -2.18. The maximum atomic E-state index is 12.3. The topological polar surface area (TPSA) is 119 Å². The molecule has 0 aromatic carbocycles. The summed E-state index contributed by atoms with van der Waals surface area (Å²) in [5.41, 5.74) is 0. The molecule has 0 saturated heterocycles. The second kappa shape index (κ2) is 31.5. The van der Waals surface area contributed by atoms with Crippen LogP contribution in [0.4, 0.5) is 0 Å². The van der Waals surface area contributed by atoms with E-state index in [0.717, 1.165) is 32.1 Å². The molecule has 0 spiro atoms. The second-order valence-electron chi connectivity index (χ2n) is 11.9. The Balaban J connectivity index is 4.09. The summed E-state index contributed by atoms with van der Waals surface area (Å²) in [5.74, 6) is -1.13. The third-order valence-corrected chi connectivity index (χ3v) is 8.06. The number of allylic oxidation sites excluding steroid dienone is 3. The van der Waals surface area contributed by atoms with Gasteiger partial charge >= 0.3 is 19.8 Å². The summed E-state index contributed by atoms with van der Waals surface area (Å²) in [5, 5.41) is 0. The molecule has 0 heterocycles. The van der Waals surface area contributed by atoms with Crippen molar-refractivity contribution >= 4 is 19.8 Å². The number of phosphoric ester groups is 1. The van der Waals surface area contributed by atoms with Crippen molar-refractivity contribution in [1.29, 1.82) is 0 Å². The number of phosphoric acid groups is 1. The van der Waals surface area contributed by atoms with Crippen molar-refractivity contribution in [3.63, 3.8) is 0 Å². The molecule has 0 radical (unpaired) electrons. The fourth-order valence-electron chi connectivity index (χ4n) is 4.93. The van der Waals surface area contributed by atoms with Gasteiger partial charge in [0.2, 0.25) is 0 Å². The van der Waals surface area contributed by atoms with Crippen LogP contribution in [0.2, 0.25) is 0 Å². The lowest BCUT2D eigenvalue weighted by Crippen LogP contribution is -2.29. The average Bonchev–Trinajstić information content (AvgIpc) is 2.98. The van der Waals surface area contributed by atoms with Gasteiger partial charge in [0.15, 0.2) is 6.10 Å². The van der Waals surface area contributed by atoms with Crippen molar-refractivity contribution in [2.45, 2.75) is 174 Å². The first kappa shape index (κ1) is 42.5. The standard InChI is InChI=1S/C35H65O8P/c1-3-5-7-9-11-13-15-17-19-21-23-25-27-29-34(36)41-31-33(32-42-44(38,39)40)43-35(37)30-28-26-24-22-20-18-16-14-12-10-8-6-4-2/h23,25,27,29,33H,3-22,24,26,28,30-32H2,1-2H3,(H2,38,39,40)/t33-/m1/s1. The van der Waals surface area contributed by atoms with Gasteiger partial charge in [-0.3, -0.25) is 9.32 Å². The number of carbonyl (C=O) groups excluding carboxylic acids is 2. The van der Waals surface area contributed by atoms with Crippen LogP contribution in [0.3, 0.4) is 0 Å². The van der Waals surface area contributed by atoms with E-state index in [1.54, 1.807) is 12.2 Å². The van der Waals surface area contributed by atoms with Gasteiger partial charge in [0, 0.05) is 12.5 Å². The highest BCUT2D eigenvalue weighted by molar-refractivity contribution is 7.46. The van der Waals surface area contributed by atoms with E-state index in [1.807, 2.05) is 6.08 Å². The maximum absolute atomic E-state index is 12.3. The van der Waals surface area contributed by atoms with Crippen LogP contribution in [-0.2, 0) is 28.2 Å². The Bertz CT molecular complexity index is 777. The Labute approximate surface area is 269 Å². The molecule has 0 aliphatic rings. The predicted molar refractivity (Wildman–Crippen MR) is 179 cm³/mol. The van der Waals surface area contributed by atoms with Crippen molar-refractivity contribution in [3.05, 3.63) is 24.3 Å². The van der Waals surface area contributed by atoms with E-state index in [-0.39, 0.29) is 13.0 Å². The van der Waals surface area contributed by atoms with E-state index in [9.17, 15) is 14.2 Å². The lowest BCUT2D eigenvalue weighted by molar-refractivity contribution is -0.159. The summed E-state index contributed by atoms with van der Waals surface area (Å²) in [6, 6.07) is 0. The summed E-state index contributed by atoms with van der Waals surface area (Å²) >= 11 is 0. The van der Waals surface area contributed by atoms with Gasteiger partial charge in [-0.15, -0.1) is 0 Å². The number of rotatable bonds is 32. The van der Waals surface area contributed by atoms with E-state index in [4.69, 9.17) is 19.3 Å². The molecule has 258 valence electrons. The first-order valence-corrected chi connectivity index (χ1v) is 19.2. The summed E-state index contributed by atoms with van der Waals surface area (Å²) in [7, 11) is -4.76. The minimum atomic E-state index is -4.76. The molecule has 0 bridgehead atoms. The largest absolute Gasteiger partial charge is 0.469 e. The molecule has 0 fully saturated rings. The van der Waals surface area contributed by atoms with Gasteiger partial charge in [-0.05, 0) is 19.3 Å². The van der Waals surface area contributed by atoms with Crippen LogP contribution in [-0.4, -0.2) is 41.0 Å². The van der Waals surface area contributed by atoms with Crippen LogP contribution in [0, 0.1) is 0 Å². The number of esters is 2. The van der Waals surface area contributed by atoms with E-state index >= 15 is 0 Å². The molecule has 8 nitrogen and oxygen atoms in total. The zero-order valence-electron chi connectivity index (χ0n) is 28.1. The zero-order valence-corrected chi connectivity index (χ0v) is 29.0. The van der Waals surface area contributed by atoms with Gasteiger partial charge in [-0.2, -0.15) is 0 Å². The van der Waals surface area contributed by atoms with Crippen LogP contribution in [0.15, 0.2) is 24.3 Å². The first-order valence-electron chi connectivity index (χ1n) is 17.7. The number of unbranched alkanes of at least 4 members (excludes halogenated alkanes) is 21. The van der Waals surface area contributed by atoms with Crippen molar-refractivity contribution in [1.82, 2.24) is 0 Å². The molecule has 0 amide bonds. The number of hydrogen-bond donors (Lipinski definition) is 2. The molecule has 9 heteroatoms. The summed E-state index contributed by atoms with van der Waals surface area (Å²) in [6.45, 7) is 3.55. The third-order valence-electron chi connectivity index (χ3n) is 7.58. The van der Waals surface area contributed by atoms with Crippen molar-refractivity contribution in [2.24, 2.45) is 0 Å². The van der Waals surface area contributed by atoms with Crippen LogP contribution in [0.25, 0.3) is 0 Å². The van der Waals surface area contributed by atoms with Crippen molar-refractivity contribution in [2.75, 3.05) is 13.2 Å². The van der Waals surface area contributed by atoms with Crippen LogP contribution < -0.4 is 0 Å². The van der Waals surface area contributed by atoms with E-state index < -0.39 is 32.5 Å². The lowest BCUT2D eigenvalue weighted by atomic mass is 10.0. The van der Waals surface area contributed by atoms with Crippen LogP contribution in [0.5, 0.6) is 0 Å². The van der Waals surface area contributed by atoms with E-state index in [2.05, 4.69) is 18.4 Å². The first-order chi connectivity index (χ1) is 21.3. The highest BCUT2D eigenvalue weighted by atomic mass is 31.2. The monoisotopic (exact) mass is 644 g/mol. The maximum Gasteiger partial charge on any atom is 0.469 e. The zero-order chi connectivity index (χ0) is 32.6. The molecule has 0 rings (SSSR count). The molecule has 0 aromatic heterocycles. The summed E-state index contributed by atoms with van der Waals surface area (Å²) in [4.78, 5) is 42.4. The molecule has 0 unspecified atom stereocenters. The molecule has 0 aliphatic carbocycles. The normalized spacial score (nSPS) is 12.7. The summed E-state index contributed by atoms with van der Waals surface area (Å²) < 4.78 is 26.1. The fourth-order valence-corrected chi connectivity index (χ4v) is 5.29. The number of hydrogen-bond acceptors (Lipinski definition) is 6. The Morgan fingerprint density at radius 2 is 1.09 bits per heavy atom. The summed E-state index contributed by atoms with van der Waals surface area (Å²) in [6.07, 6.45) is 33.8. The van der Waals surface area contributed by atoms with Gasteiger partial charge in [-0.1, -0.05) is 160 Å². The molecule has 0 saturated carbocycles. The Morgan fingerprint density at radius 3 is 1.57 bits per heavy atom. The minimum absolute atomic E-state index is 0.196.